The molecule has 0 aliphatic carbocycles. The predicted molar refractivity (Wildman–Crippen MR) is 126 cm³/mol. The minimum atomic E-state index is -5.52. The molecule has 0 spiro atoms. The Balaban J connectivity index is 1.79. The van der Waals surface area contributed by atoms with Crippen LogP contribution < -0.4 is 4.74 Å². The smallest absolute Gasteiger partial charge is 0.496 e. The van der Waals surface area contributed by atoms with Gasteiger partial charge in [0.1, 0.15) is 11.4 Å². The van der Waals surface area contributed by atoms with Crippen LogP contribution in [-0.2, 0) is 21.0 Å². The van der Waals surface area contributed by atoms with Gasteiger partial charge in [-0.15, -0.1) is 5.10 Å². The molecule has 36 heavy (non-hydrogen) atoms. The first kappa shape index (κ1) is 27.7. The lowest BCUT2D eigenvalue weighted by Gasteiger charge is -2.34. The van der Waals surface area contributed by atoms with E-state index in [0.29, 0.717) is 42.0 Å². The zero-order chi connectivity index (χ0) is 26.9. The highest BCUT2D eigenvalue weighted by atomic mass is 32.2. The molecule has 1 fully saturated rings. The molecule has 12 heteroatoms. The number of piperidine rings is 1. The number of amides is 1. The van der Waals surface area contributed by atoms with Crippen molar-refractivity contribution in [3.05, 3.63) is 35.5 Å². The summed E-state index contributed by atoms with van der Waals surface area (Å²) in [5.74, 6) is 0.109. The minimum absolute atomic E-state index is 0.0641. The fourth-order valence-electron chi connectivity index (χ4n) is 4.09. The number of hydrogen-bond donors (Lipinski definition) is 0. The van der Waals surface area contributed by atoms with Crippen molar-refractivity contribution in [1.82, 2.24) is 15.1 Å². The van der Waals surface area contributed by atoms with Gasteiger partial charge in [-0.3, -0.25) is 0 Å². The number of hydrogen-bond acceptors (Lipinski definition) is 7. The van der Waals surface area contributed by atoms with Gasteiger partial charge in [0, 0.05) is 18.7 Å². The third kappa shape index (κ3) is 6.26. The van der Waals surface area contributed by atoms with Crippen LogP contribution >= 0.6 is 0 Å². The van der Waals surface area contributed by atoms with E-state index in [-0.39, 0.29) is 17.8 Å². The number of ether oxygens (including phenoxy) is 2. The molecule has 1 aliphatic heterocycles. The third-order valence-corrected chi connectivity index (χ3v) is 7.23. The Morgan fingerprint density at radius 2 is 1.86 bits per heavy atom. The molecular weight excluding hydrogens is 499 g/mol. The summed E-state index contributed by atoms with van der Waals surface area (Å²) < 4.78 is 73.0. The monoisotopic (exact) mass is 529 g/mol. The molecule has 1 aromatic heterocycles. The molecule has 1 aliphatic rings. The number of alkyl halides is 3. The van der Waals surface area contributed by atoms with Gasteiger partial charge in [0.05, 0.1) is 23.4 Å². The number of sulfone groups is 1. The molecule has 1 saturated heterocycles. The van der Waals surface area contributed by atoms with Gasteiger partial charge in [0.2, 0.25) is 0 Å². The van der Waals surface area contributed by atoms with Gasteiger partial charge in [-0.2, -0.15) is 18.3 Å². The lowest BCUT2D eigenvalue weighted by atomic mass is 9.93. The summed E-state index contributed by atoms with van der Waals surface area (Å²) in [6.07, 6.45) is 2.02. The van der Waals surface area contributed by atoms with Crippen LogP contribution in [0.4, 0.5) is 18.0 Å². The second-order valence-electron chi connectivity index (χ2n) is 9.82. The highest BCUT2D eigenvalue weighted by Crippen LogP contribution is 2.37. The first-order valence-corrected chi connectivity index (χ1v) is 12.9. The minimum Gasteiger partial charge on any atom is -0.496 e. The number of aryl methyl sites for hydroxylation is 1. The summed E-state index contributed by atoms with van der Waals surface area (Å²) in [4.78, 5) is 13.2. The molecule has 0 saturated carbocycles. The lowest BCUT2D eigenvalue weighted by Crippen LogP contribution is -2.43. The SMILES string of the molecule is COc1cc(S(=O)(=O)C(F)(F)F)ccc1-c1nnc(C[C@@H]2CCCN(C(=O)OC(C)(C)C)C2)cc1C. The van der Waals surface area contributed by atoms with Crippen molar-refractivity contribution in [3.63, 3.8) is 0 Å². The van der Waals surface area contributed by atoms with E-state index in [1.807, 2.05) is 26.8 Å². The van der Waals surface area contributed by atoms with Crippen LogP contribution in [0.2, 0.25) is 0 Å². The van der Waals surface area contributed by atoms with E-state index in [2.05, 4.69) is 10.2 Å². The summed E-state index contributed by atoms with van der Waals surface area (Å²) >= 11 is 0. The second kappa shape index (κ2) is 10.2. The quantitative estimate of drug-likeness (QED) is 0.541. The van der Waals surface area contributed by atoms with Gasteiger partial charge < -0.3 is 14.4 Å². The lowest BCUT2D eigenvalue weighted by molar-refractivity contribution is -0.0436. The predicted octanol–water partition coefficient (Wildman–Crippen LogP) is 4.94. The van der Waals surface area contributed by atoms with Crippen molar-refractivity contribution in [1.29, 1.82) is 0 Å². The molecule has 1 aromatic carbocycles. The van der Waals surface area contributed by atoms with E-state index in [4.69, 9.17) is 9.47 Å². The van der Waals surface area contributed by atoms with Crippen LogP contribution in [0.25, 0.3) is 11.3 Å². The van der Waals surface area contributed by atoms with Gasteiger partial charge in [-0.25, -0.2) is 13.2 Å². The normalized spacial score (nSPS) is 17.1. The average Bonchev–Trinajstić information content (AvgIpc) is 2.77. The Hall–Kier alpha value is -2.89. The molecule has 198 valence electrons. The van der Waals surface area contributed by atoms with Crippen LogP contribution in [0.15, 0.2) is 29.2 Å². The van der Waals surface area contributed by atoms with Crippen LogP contribution in [0.5, 0.6) is 5.75 Å². The van der Waals surface area contributed by atoms with E-state index in [9.17, 15) is 26.4 Å². The Bertz CT molecular complexity index is 1230. The zero-order valence-corrected chi connectivity index (χ0v) is 21.7. The fourth-order valence-corrected chi connectivity index (χ4v) is 4.87. The van der Waals surface area contributed by atoms with E-state index >= 15 is 0 Å². The maximum absolute atomic E-state index is 12.9. The Labute approximate surface area is 208 Å². The molecule has 8 nitrogen and oxygen atoms in total. The van der Waals surface area contributed by atoms with E-state index < -0.39 is 25.8 Å². The maximum atomic E-state index is 12.9. The Morgan fingerprint density at radius 1 is 1.17 bits per heavy atom. The standard InChI is InChI=1S/C24H30F3N3O5S/c1-15-11-17(12-16-7-6-10-30(14-16)22(31)35-23(2,3)4)28-29-21(15)19-9-8-18(13-20(19)34-5)36(32,33)24(25,26)27/h8-9,11,13,16H,6-7,10,12,14H2,1-5H3/t16-/m0/s1. The molecule has 0 radical (unpaired) electrons. The van der Waals surface area contributed by atoms with Crippen molar-refractivity contribution >= 4 is 15.9 Å². The highest BCUT2D eigenvalue weighted by Gasteiger charge is 2.47. The summed E-state index contributed by atoms with van der Waals surface area (Å²) in [7, 11) is -4.28. The number of halogens is 3. The second-order valence-corrected chi connectivity index (χ2v) is 11.8. The van der Waals surface area contributed by atoms with Crippen molar-refractivity contribution in [2.45, 2.75) is 63.0 Å². The van der Waals surface area contributed by atoms with Gasteiger partial charge in [-0.05, 0) is 82.7 Å². The number of likely N-dealkylation sites (tertiary alicyclic amines) is 1. The highest BCUT2D eigenvalue weighted by molar-refractivity contribution is 7.92. The maximum Gasteiger partial charge on any atom is 0.501 e. The molecule has 0 bridgehead atoms. The molecule has 1 atom stereocenters. The zero-order valence-electron chi connectivity index (χ0n) is 20.8. The number of nitrogens with zero attached hydrogens (tertiary/aromatic N) is 3. The van der Waals surface area contributed by atoms with Gasteiger partial charge in [0.25, 0.3) is 9.84 Å². The van der Waals surface area contributed by atoms with Crippen molar-refractivity contribution in [3.8, 4) is 17.0 Å². The van der Waals surface area contributed by atoms with Gasteiger partial charge in [0.15, 0.2) is 0 Å². The topological polar surface area (TPSA) is 98.7 Å². The third-order valence-electron chi connectivity index (χ3n) is 5.75. The van der Waals surface area contributed by atoms with Gasteiger partial charge in [-0.1, -0.05) is 0 Å². The molecule has 0 unspecified atom stereocenters. The molecular formula is C24H30F3N3O5S. The number of methoxy groups -OCH3 is 1. The largest absolute Gasteiger partial charge is 0.501 e. The number of carbonyl (C=O) groups is 1. The average molecular weight is 530 g/mol. The molecule has 3 rings (SSSR count). The molecule has 1 amide bonds. The number of rotatable bonds is 5. The van der Waals surface area contributed by atoms with Crippen molar-refractivity contribution < 1.29 is 35.9 Å². The fraction of sp³-hybridized carbons (Fsp3) is 0.542. The van der Waals surface area contributed by atoms with Gasteiger partial charge >= 0.3 is 11.6 Å². The van der Waals surface area contributed by atoms with Crippen LogP contribution in [0.3, 0.4) is 0 Å². The van der Waals surface area contributed by atoms with E-state index in [1.165, 1.54) is 13.2 Å². The van der Waals surface area contributed by atoms with Crippen LogP contribution in [0, 0.1) is 12.8 Å². The van der Waals surface area contributed by atoms with E-state index in [0.717, 1.165) is 25.0 Å². The first-order valence-electron chi connectivity index (χ1n) is 11.4. The van der Waals surface area contributed by atoms with Crippen LogP contribution in [0.1, 0.15) is 44.9 Å². The number of carbonyl (C=O) groups excluding carboxylic acids is 1. The molecule has 2 heterocycles. The van der Waals surface area contributed by atoms with E-state index in [1.54, 1.807) is 11.8 Å². The van der Waals surface area contributed by atoms with Crippen molar-refractivity contribution in [2.75, 3.05) is 20.2 Å². The summed E-state index contributed by atoms with van der Waals surface area (Å²) in [6, 6.07) is 4.77. The number of aromatic nitrogens is 2. The molecule has 0 N–H and O–H groups in total. The van der Waals surface area contributed by atoms with Crippen molar-refractivity contribution in [2.24, 2.45) is 5.92 Å². The number of benzene rings is 1. The summed E-state index contributed by atoms with van der Waals surface area (Å²) in [6.45, 7) is 8.43. The van der Waals surface area contributed by atoms with Crippen LogP contribution in [-0.4, -0.2) is 60.9 Å². The summed E-state index contributed by atoms with van der Waals surface area (Å²) in [5.41, 5.74) is -3.89. The Morgan fingerprint density at radius 3 is 2.44 bits per heavy atom. The Kier molecular flexibility index (Phi) is 7.87. The molecule has 2 aromatic rings. The first-order chi connectivity index (χ1) is 16.6. The summed E-state index contributed by atoms with van der Waals surface area (Å²) in [5, 5.41) is 8.55.